The van der Waals surface area contributed by atoms with Crippen molar-refractivity contribution in [3.05, 3.63) is 60.0 Å². The van der Waals surface area contributed by atoms with Gasteiger partial charge in [0, 0.05) is 24.8 Å². The highest BCUT2D eigenvalue weighted by molar-refractivity contribution is 5.96. The molecule has 0 aliphatic carbocycles. The van der Waals surface area contributed by atoms with Gasteiger partial charge in [-0.3, -0.25) is 4.79 Å². The molecule has 160 valence electrons. The average molecular weight is 418 g/mol. The average Bonchev–Trinajstić information content (AvgIpc) is 3.36. The maximum Gasteiger partial charge on any atom is 0.255 e. The zero-order chi connectivity index (χ0) is 20.8. The Bertz CT molecular complexity index is 1100. The van der Waals surface area contributed by atoms with Crippen LogP contribution in [0.3, 0.4) is 0 Å². The molecule has 2 aromatic heterocycles. The molecular weight excluding hydrogens is 390 g/mol. The summed E-state index contributed by atoms with van der Waals surface area (Å²) < 4.78 is 8.29. The quantitative estimate of drug-likeness (QED) is 0.709. The molecule has 7 nitrogen and oxygen atoms in total. The highest BCUT2D eigenvalue weighted by Crippen LogP contribution is 2.38. The van der Waals surface area contributed by atoms with Crippen LogP contribution in [0.1, 0.15) is 41.6 Å². The Morgan fingerprint density at radius 1 is 1.16 bits per heavy atom. The number of carbonyl (C=O) groups excluding carboxylic acids is 1. The number of amides is 1. The number of piperidine rings is 1. The van der Waals surface area contributed by atoms with Crippen LogP contribution in [0, 0.1) is 0 Å². The second-order valence-electron chi connectivity index (χ2n) is 9.23. The van der Waals surface area contributed by atoms with Crippen molar-refractivity contribution in [1.29, 1.82) is 0 Å². The topological polar surface area (TPSA) is 72.3 Å². The Kier molecular flexibility index (Phi) is 4.54. The minimum Gasteiger partial charge on any atom is -0.371 e. The fourth-order valence-electron chi connectivity index (χ4n) is 5.62. The molecule has 1 unspecified atom stereocenters. The van der Waals surface area contributed by atoms with E-state index < -0.39 is 0 Å². The Balaban J connectivity index is 1.21. The van der Waals surface area contributed by atoms with Crippen LogP contribution < -0.4 is 5.32 Å². The number of nitrogens with one attached hydrogen (secondary N) is 1. The number of aromatic nitrogens is 3. The second-order valence-corrected chi connectivity index (χ2v) is 9.23. The number of imidazole rings is 1. The van der Waals surface area contributed by atoms with Crippen LogP contribution in [0.2, 0.25) is 0 Å². The number of morpholine rings is 1. The highest BCUT2D eigenvalue weighted by Gasteiger charge is 2.47. The van der Waals surface area contributed by atoms with Gasteiger partial charge >= 0.3 is 0 Å². The lowest BCUT2D eigenvalue weighted by Crippen LogP contribution is -2.60. The largest absolute Gasteiger partial charge is 0.371 e. The normalized spacial score (nSPS) is 27.8. The molecule has 1 N–H and O–H groups in total. The zero-order valence-electron chi connectivity index (χ0n) is 17.5. The van der Waals surface area contributed by atoms with Crippen LogP contribution in [0.25, 0.3) is 11.2 Å². The van der Waals surface area contributed by atoms with Crippen molar-refractivity contribution < 1.29 is 9.53 Å². The summed E-state index contributed by atoms with van der Waals surface area (Å²) >= 11 is 0. The molecule has 1 amide bonds. The molecule has 7 heteroatoms. The van der Waals surface area contributed by atoms with Gasteiger partial charge in [-0.2, -0.15) is 0 Å². The molecule has 31 heavy (non-hydrogen) atoms. The second kappa shape index (κ2) is 7.43. The van der Waals surface area contributed by atoms with Crippen LogP contribution in [0.15, 0.2) is 48.9 Å². The van der Waals surface area contributed by atoms with E-state index in [4.69, 9.17) is 4.74 Å². The van der Waals surface area contributed by atoms with Crippen molar-refractivity contribution in [2.24, 2.45) is 0 Å². The predicted octanol–water partition coefficient (Wildman–Crippen LogP) is 2.61. The smallest absolute Gasteiger partial charge is 0.255 e. The van der Waals surface area contributed by atoms with Gasteiger partial charge in [0.1, 0.15) is 5.52 Å². The van der Waals surface area contributed by atoms with Crippen LogP contribution >= 0.6 is 0 Å². The van der Waals surface area contributed by atoms with E-state index in [2.05, 4.69) is 27.4 Å². The van der Waals surface area contributed by atoms with Crippen LogP contribution in [-0.2, 0) is 11.3 Å². The number of pyridine rings is 1. The molecule has 3 atom stereocenters. The number of ether oxygens (including phenoxy) is 1. The standard InChI is InChI=1S/C24H27N5O2/c30-23(28-8-9-31-24(15-28)11-19-6-7-20(12-24)27-19)18-10-21-22(25-13-18)29(16-26-21)14-17-4-2-1-3-5-17/h1-5,10,13,16,19-20,27H,6-9,11-12,14-15H2/t19-,20+,24?. The summed E-state index contributed by atoms with van der Waals surface area (Å²) in [7, 11) is 0. The summed E-state index contributed by atoms with van der Waals surface area (Å²) in [5.74, 6) is 0.0283. The Morgan fingerprint density at radius 3 is 2.77 bits per heavy atom. The van der Waals surface area contributed by atoms with E-state index in [0.29, 0.717) is 43.9 Å². The van der Waals surface area contributed by atoms with Gasteiger partial charge in [-0.15, -0.1) is 0 Å². The molecule has 3 fully saturated rings. The lowest BCUT2D eigenvalue weighted by Gasteiger charge is -2.47. The fourth-order valence-corrected chi connectivity index (χ4v) is 5.62. The van der Waals surface area contributed by atoms with Gasteiger partial charge in [-0.25, -0.2) is 9.97 Å². The van der Waals surface area contributed by atoms with Gasteiger partial charge < -0.3 is 19.5 Å². The SMILES string of the molecule is O=C(c1cnc2c(c1)ncn2Cc1ccccc1)N1CCOC2(C[C@H]3CC[C@@H](C2)N3)C1. The summed E-state index contributed by atoms with van der Waals surface area (Å²) in [5, 5.41) is 3.67. The van der Waals surface area contributed by atoms with E-state index in [9.17, 15) is 4.79 Å². The number of hydrogen-bond donors (Lipinski definition) is 1. The first-order valence-corrected chi connectivity index (χ1v) is 11.2. The van der Waals surface area contributed by atoms with Gasteiger partial charge in [-0.05, 0) is 37.3 Å². The minimum absolute atomic E-state index is 0.0283. The van der Waals surface area contributed by atoms with Crippen molar-refractivity contribution in [1.82, 2.24) is 24.8 Å². The molecule has 3 aliphatic heterocycles. The van der Waals surface area contributed by atoms with E-state index in [0.717, 1.165) is 24.0 Å². The first-order chi connectivity index (χ1) is 15.2. The summed E-state index contributed by atoms with van der Waals surface area (Å²) in [4.78, 5) is 24.4. The molecule has 3 saturated heterocycles. The number of fused-ring (bicyclic) bond motifs is 3. The third-order valence-electron chi connectivity index (χ3n) is 7.01. The molecule has 2 bridgehead atoms. The number of hydrogen-bond acceptors (Lipinski definition) is 5. The van der Waals surface area contributed by atoms with Gasteiger partial charge in [0.2, 0.25) is 0 Å². The predicted molar refractivity (Wildman–Crippen MR) is 117 cm³/mol. The Labute approximate surface area is 181 Å². The van der Waals surface area contributed by atoms with Crippen LogP contribution in [-0.4, -0.2) is 62.7 Å². The molecule has 6 rings (SSSR count). The molecule has 3 aliphatic rings. The molecule has 3 aromatic rings. The van der Waals surface area contributed by atoms with E-state index in [1.807, 2.05) is 33.7 Å². The molecule has 0 radical (unpaired) electrons. The van der Waals surface area contributed by atoms with Crippen molar-refractivity contribution >= 4 is 17.1 Å². The van der Waals surface area contributed by atoms with Gasteiger partial charge in [0.25, 0.3) is 5.91 Å². The highest BCUT2D eigenvalue weighted by atomic mass is 16.5. The maximum atomic E-state index is 13.3. The Hall–Kier alpha value is -2.77. The Morgan fingerprint density at radius 2 is 1.97 bits per heavy atom. The first kappa shape index (κ1) is 19.0. The van der Waals surface area contributed by atoms with Crippen molar-refractivity contribution in [3.63, 3.8) is 0 Å². The zero-order valence-corrected chi connectivity index (χ0v) is 17.5. The molecule has 5 heterocycles. The summed E-state index contributed by atoms with van der Waals surface area (Å²) in [6.07, 6.45) is 7.92. The van der Waals surface area contributed by atoms with Crippen LogP contribution in [0.5, 0.6) is 0 Å². The van der Waals surface area contributed by atoms with E-state index in [1.54, 1.807) is 12.5 Å². The van der Waals surface area contributed by atoms with E-state index in [-0.39, 0.29) is 11.5 Å². The summed E-state index contributed by atoms with van der Waals surface area (Å²) in [6.45, 7) is 2.61. The minimum atomic E-state index is -0.195. The fraction of sp³-hybridized carbons (Fsp3) is 0.458. The van der Waals surface area contributed by atoms with Gasteiger partial charge in [0.15, 0.2) is 5.65 Å². The first-order valence-electron chi connectivity index (χ1n) is 11.2. The van der Waals surface area contributed by atoms with Gasteiger partial charge in [-0.1, -0.05) is 30.3 Å². The number of rotatable bonds is 3. The van der Waals surface area contributed by atoms with E-state index >= 15 is 0 Å². The van der Waals surface area contributed by atoms with Crippen molar-refractivity contribution in [2.45, 2.75) is 49.9 Å². The summed E-state index contributed by atoms with van der Waals surface area (Å²) in [6, 6.07) is 13.2. The summed E-state index contributed by atoms with van der Waals surface area (Å²) in [5.41, 5.74) is 3.16. The number of benzene rings is 1. The lowest BCUT2D eigenvalue weighted by molar-refractivity contribution is -0.122. The lowest BCUT2D eigenvalue weighted by atomic mass is 9.85. The maximum absolute atomic E-state index is 13.3. The molecule has 1 aromatic carbocycles. The third kappa shape index (κ3) is 3.51. The number of carbonyl (C=O) groups is 1. The van der Waals surface area contributed by atoms with Crippen molar-refractivity contribution in [2.75, 3.05) is 19.7 Å². The van der Waals surface area contributed by atoms with E-state index in [1.165, 1.54) is 18.4 Å². The monoisotopic (exact) mass is 417 g/mol. The van der Waals surface area contributed by atoms with Gasteiger partial charge in [0.05, 0.1) is 37.2 Å². The molecular formula is C24H27N5O2. The number of nitrogens with zero attached hydrogens (tertiary/aromatic N) is 4. The van der Waals surface area contributed by atoms with Crippen LogP contribution in [0.4, 0.5) is 0 Å². The third-order valence-corrected chi connectivity index (χ3v) is 7.01. The molecule has 1 spiro atoms. The van der Waals surface area contributed by atoms with Crippen molar-refractivity contribution in [3.8, 4) is 0 Å². The molecule has 0 saturated carbocycles.